The van der Waals surface area contributed by atoms with Crippen molar-refractivity contribution in [3.05, 3.63) is 65.4 Å². The van der Waals surface area contributed by atoms with Crippen molar-refractivity contribution in [2.24, 2.45) is 0 Å². The molecule has 28 heavy (non-hydrogen) atoms. The average Bonchev–Trinajstić information content (AvgIpc) is 2.92. The predicted octanol–water partition coefficient (Wildman–Crippen LogP) is 4.73. The Kier molecular flexibility index (Phi) is 5.98. The van der Waals surface area contributed by atoms with Gasteiger partial charge in [-0.1, -0.05) is 6.07 Å². The molecule has 1 aromatic carbocycles. The highest BCUT2D eigenvalue weighted by Gasteiger charge is 2.18. The maximum atomic E-state index is 13.8. The molecule has 0 unspecified atom stereocenters. The summed E-state index contributed by atoms with van der Waals surface area (Å²) in [5, 5.41) is 5.02. The average molecular weight is 399 g/mol. The Morgan fingerprint density at radius 1 is 1.25 bits per heavy atom. The topological polar surface area (TPSA) is 44.0 Å². The summed E-state index contributed by atoms with van der Waals surface area (Å²) in [6.45, 7) is 9.63. The summed E-state index contributed by atoms with van der Waals surface area (Å²) in [6, 6.07) is 10.8. The minimum absolute atomic E-state index is 0.126. The van der Waals surface area contributed by atoms with Crippen LogP contribution in [0.4, 0.5) is 4.39 Å². The molecular formula is C22H27FN4S. The second kappa shape index (κ2) is 8.27. The Bertz CT molecular complexity index is 960. The Morgan fingerprint density at radius 3 is 2.71 bits per heavy atom. The maximum absolute atomic E-state index is 13.8. The van der Waals surface area contributed by atoms with Crippen molar-refractivity contribution in [3.63, 3.8) is 0 Å². The lowest BCUT2D eigenvalue weighted by Gasteiger charge is -2.31. The van der Waals surface area contributed by atoms with Gasteiger partial charge in [-0.3, -0.25) is 4.98 Å². The van der Waals surface area contributed by atoms with Gasteiger partial charge in [0.25, 0.3) is 0 Å². The molecule has 3 rings (SSSR count). The van der Waals surface area contributed by atoms with E-state index >= 15 is 0 Å². The third-order valence-corrected chi connectivity index (χ3v) is 4.92. The van der Waals surface area contributed by atoms with Gasteiger partial charge in [-0.15, -0.1) is 0 Å². The van der Waals surface area contributed by atoms with E-state index in [9.17, 15) is 4.39 Å². The van der Waals surface area contributed by atoms with Crippen molar-refractivity contribution >= 4 is 28.2 Å². The summed E-state index contributed by atoms with van der Waals surface area (Å²) in [5.41, 5.74) is 3.98. The molecule has 0 aliphatic heterocycles. The van der Waals surface area contributed by atoms with Gasteiger partial charge >= 0.3 is 0 Å². The van der Waals surface area contributed by atoms with Crippen LogP contribution in [0.25, 0.3) is 10.9 Å². The highest BCUT2D eigenvalue weighted by atomic mass is 32.1. The van der Waals surface area contributed by atoms with Crippen LogP contribution in [0.2, 0.25) is 0 Å². The molecule has 0 radical (unpaired) electrons. The lowest BCUT2D eigenvalue weighted by atomic mass is 10.1. The van der Waals surface area contributed by atoms with Crippen LogP contribution in [-0.4, -0.2) is 32.1 Å². The summed E-state index contributed by atoms with van der Waals surface area (Å²) < 4.78 is 13.8. The lowest BCUT2D eigenvalue weighted by molar-refractivity contribution is 0.381. The molecule has 3 aromatic rings. The molecule has 0 saturated carbocycles. The van der Waals surface area contributed by atoms with E-state index in [1.165, 1.54) is 6.07 Å². The molecule has 0 aliphatic rings. The van der Waals surface area contributed by atoms with E-state index < -0.39 is 0 Å². The zero-order chi connectivity index (χ0) is 20.3. The number of halogens is 1. The molecule has 2 N–H and O–H groups in total. The fourth-order valence-corrected chi connectivity index (χ4v) is 3.73. The maximum Gasteiger partial charge on any atom is 0.169 e. The number of aromatic nitrogens is 2. The number of hydrogen-bond acceptors (Lipinski definition) is 2. The summed E-state index contributed by atoms with van der Waals surface area (Å²) >= 11 is 5.69. The van der Waals surface area contributed by atoms with Gasteiger partial charge in [-0.05, 0) is 82.2 Å². The van der Waals surface area contributed by atoms with Gasteiger partial charge in [-0.2, -0.15) is 0 Å². The molecule has 6 heteroatoms. The highest BCUT2D eigenvalue weighted by Crippen LogP contribution is 2.24. The Labute approximate surface area is 171 Å². The van der Waals surface area contributed by atoms with Gasteiger partial charge in [0, 0.05) is 34.9 Å². The Hall–Kier alpha value is -2.47. The molecule has 2 heterocycles. The number of fused-ring (bicyclic) bond motifs is 1. The van der Waals surface area contributed by atoms with Crippen molar-refractivity contribution in [2.45, 2.75) is 46.2 Å². The number of aromatic amines is 1. The number of thiocarbonyl (C=S) groups is 1. The van der Waals surface area contributed by atoms with Gasteiger partial charge in [0.15, 0.2) is 5.11 Å². The summed E-state index contributed by atoms with van der Waals surface area (Å²) in [5.74, 6) is -0.219. The lowest BCUT2D eigenvalue weighted by Crippen LogP contribution is -2.48. The van der Waals surface area contributed by atoms with Crippen molar-refractivity contribution in [2.75, 3.05) is 6.54 Å². The SMILES string of the molecule is Cc1[nH]c2ccc(F)cc2c1CCN(Cc1ccccn1)C(=S)NC(C)(C)C. The van der Waals surface area contributed by atoms with Crippen LogP contribution in [0.1, 0.15) is 37.7 Å². The van der Waals surface area contributed by atoms with Crippen molar-refractivity contribution < 1.29 is 4.39 Å². The number of aryl methyl sites for hydroxylation is 1. The molecule has 0 bridgehead atoms. The summed E-state index contributed by atoms with van der Waals surface area (Å²) in [7, 11) is 0. The molecule has 0 fully saturated rings. The number of H-pyrrole nitrogens is 1. The van der Waals surface area contributed by atoms with Crippen molar-refractivity contribution in [1.29, 1.82) is 0 Å². The van der Waals surface area contributed by atoms with Gasteiger partial charge in [0.2, 0.25) is 0 Å². The predicted molar refractivity (Wildman–Crippen MR) is 117 cm³/mol. The first kappa shape index (κ1) is 20.3. The Balaban J connectivity index is 1.82. The largest absolute Gasteiger partial charge is 0.358 e. The van der Waals surface area contributed by atoms with Gasteiger partial charge in [-0.25, -0.2) is 4.39 Å². The zero-order valence-electron chi connectivity index (χ0n) is 16.8. The van der Waals surface area contributed by atoms with E-state index in [0.29, 0.717) is 18.2 Å². The van der Waals surface area contributed by atoms with Crippen molar-refractivity contribution in [3.8, 4) is 0 Å². The van der Waals surface area contributed by atoms with E-state index in [4.69, 9.17) is 12.2 Å². The molecule has 0 amide bonds. The van der Waals surface area contributed by atoms with E-state index in [2.05, 4.69) is 41.0 Å². The quantitative estimate of drug-likeness (QED) is 0.610. The van der Waals surface area contributed by atoms with Gasteiger partial charge in [0.05, 0.1) is 12.2 Å². The zero-order valence-corrected chi connectivity index (χ0v) is 17.7. The van der Waals surface area contributed by atoms with Crippen LogP contribution in [0.5, 0.6) is 0 Å². The number of hydrogen-bond donors (Lipinski definition) is 2. The second-order valence-corrected chi connectivity index (χ2v) is 8.48. The van der Waals surface area contributed by atoms with E-state index in [-0.39, 0.29) is 11.4 Å². The van der Waals surface area contributed by atoms with E-state index in [0.717, 1.165) is 34.3 Å². The fraction of sp³-hybridized carbons (Fsp3) is 0.364. The standard InChI is InChI=1S/C22H27FN4S/c1-15-18(19-13-16(23)8-9-20(19)25-15)10-12-27(21(28)26-22(2,3)4)14-17-7-5-6-11-24-17/h5-9,11,13,25H,10,12,14H2,1-4H3,(H,26,28). The Morgan fingerprint density at radius 2 is 2.04 bits per heavy atom. The molecule has 0 spiro atoms. The molecule has 2 aromatic heterocycles. The van der Waals surface area contributed by atoms with Crippen LogP contribution in [0.3, 0.4) is 0 Å². The van der Waals surface area contributed by atoms with Crippen LogP contribution in [-0.2, 0) is 13.0 Å². The first-order valence-corrected chi connectivity index (χ1v) is 9.87. The van der Waals surface area contributed by atoms with Gasteiger partial charge < -0.3 is 15.2 Å². The number of pyridine rings is 1. The number of nitrogens with zero attached hydrogens (tertiary/aromatic N) is 2. The van der Waals surface area contributed by atoms with Crippen LogP contribution in [0, 0.1) is 12.7 Å². The first-order valence-electron chi connectivity index (χ1n) is 9.46. The monoisotopic (exact) mass is 398 g/mol. The van der Waals surface area contributed by atoms with Crippen LogP contribution < -0.4 is 5.32 Å². The van der Waals surface area contributed by atoms with Crippen LogP contribution in [0.15, 0.2) is 42.6 Å². The number of nitrogens with one attached hydrogen (secondary N) is 2. The number of rotatable bonds is 5. The van der Waals surface area contributed by atoms with E-state index in [1.54, 1.807) is 18.3 Å². The summed E-state index contributed by atoms with van der Waals surface area (Å²) in [6.07, 6.45) is 2.55. The summed E-state index contributed by atoms with van der Waals surface area (Å²) in [4.78, 5) is 9.91. The third kappa shape index (κ3) is 5.07. The molecule has 4 nitrogen and oxygen atoms in total. The normalized spacial score (nSPS) is 11.6. The minimum atomic E-state index is -0.219. The molecule has 0 saturated heterocycles. The first-order chi connectivity index (χ1) is 13.2. The highest BCUT2D eigenvalue weighted by molar-refractivity contribution is 7.80. The fourth-order valence-electron chi connectivity index (χ4n) is 3.26. The minimum Gasteiger partial charge on any atom is -0.358 e. The smallest absolute Gasteiger partial charge is 0.169 e. The van der Waals surface area contributed by atoms with Crippen LogP contribution >= 0.6 is 12.2 Å². The molecule has 0 aliphatic carbocycles. The molecule has 0 atom stereocenters. The van der Waals surface area contributed by atoms with Gasteiger partial charge in [0.1, 0.15) is 5.82 Å². The van der Waals surface area contributed by atoms with E-state index in [1.807, 2.05) is 25.1 Å². The number of benzene rings is 1. The molecular weight excluding hydrogens is 371 g/mol. The molecule has 148 valence electrons. The second-order valence-electron chi connectivity index (χ2n) is 8.09. The van der Waals surface area contributed by atoms with Crippen molar-refractivity contribution in [1.82, 2.24) is 20.2 Å². The third-order valence-electron chi connectivity index (χ3n) is 4.56.